The lowest BCUT2D eigenvalue weighted by Gasteiger charge is -2.04. The van der Waals surface area contributed by atoms with Gasteiger partial charge < -0.3 is 16.4 Å². The second-order valence-corrected chi connectivity index (χ2v) is 3.88. The van der Waals surface area contributed by atoms with Crippen LogP contribution in [0.1, 0.15) is 26.2 Å². The van der Waals surface area contributed by atoms with Crippen LogP contribution in [-0.2, 0) is 4.79 Å². The van der Waals surface area contributed by atoms with Crippen molar-refractivity contribution >= 4 is 11.9 Å². The third kappa shape index (κ3) is 5.93. The van der Waals surface area contributed by atoms with E-state index in [-0.39, 0.29) is 12.5 Å². The zero-order valence-corrected chi connectivity index (χ0v) is 9.25. The van der Waals surface area contributed by atoms with E-state index in [0.717, 1.165) is 19.5 Å². The van der Waals surface area contributed by atoms with Crippen molar-refractivity contribution in [1.29, 1.82) is 0 Å². The highest BCUT2D eigenvalue weighted by molar-refractivity contribution is 5.83. The van der Waals surface area contributed by atoms with Gasteiger partial charge in [0.05, 0.1) is 0 Å². The van der Waals surface area contributed by atoms with Gasteiger partial charge >= 0.3 is 0 Å². The molecule has 15 heavy (non-hydrogen) atoms. The van der Waals surface area contributed by atoms with Crippen molar-refractivity contribution in [2.24, 2.45) is 16.6 Å². The number of nitrogens with two attached hydrogens (primary N) is 1. The number of amides is 1. The Morgan fingerprint density at radius 3 is 2.80 bits per heavy atom. The number of hydrogen-bond acceptors (Lipinski definition) is 2. The van der Waals surface area contributed by atoms with Crippen molar-refractivity contribution in [1.82, 2.24) is 10.6 Å². The van der Waals surface area contributed by atoms with Gasteiger partial charge in [0.1, 0.15) is 6.54 Å². The number of carbonyl (C=O) groups is 1. The first-order chi connectivity index (χ1) is 7.22. The van der Waals surface area contributed by atoms with E-state index in [9.17, 15) is 4.79 Å². The summed E-state index contributed by atoms with van der Waals surface area (Å²) < 4.78 is 0. The van der Waals surface area contributed by atoms with Crippen molar-refractivity contribution in [2.45, 2.75) is 26.2 Å². The van der Waals surface area contributed by atoms with Gasteiger partial charge in [0.15, 0.2) is 5.96 Å². The van der Waals surface area contributed by atoms with E-state index in [2.05, 4.69) is 15.6 Å². The Kier molecular flexibility index (Phi) is 4.93. The minimum Gasteiger partial charge on any atom is -0.370 e. The molecular weight excluding hydrogens is 192 g/mol. The molecule has 4 N–H and O–H groups in total. The molecule has 1 aliphatic carbocycles. The molecule has 1 rings (SSSR count). The predicted molar refractivity (Wildman–Crippen MR) is 60.5 cm³/mol. The van der Waals surface area contributed by atoms with Crippen LogP contribution in [0.5, 0.6) is 0 Å². The van der Waals surface area contributed by atoms with E-state index in [1.807, 2.05) is 6.92 Å². The Morgan fingerprint density at radius 1 is 1.47 bits per heavy atom. The average Bonchev–Trinajstić information content (AvgIpc) is 3.04. The molecule has 0 heterocycles. The monoisotopic (exact) mass is 212 g/mol. The van der Waals surface area contributed by atoms with E-state index in [1.54, 1.807) is 0 Å². The van der Waals surface area contributed by atoms with Gasteiger partial charge in [-0.2, -0.15) is 0 Å². The molecule has 1 aliphatic rings. The maximum atomic E-state index is 11.3. The summed E-state index contributed by atoms with van der Waals surface area (Å²) in [7, 11) is 0. The summed E-state index contributed by atoms with van der Waals surface area (Å²) in [6.07, 6.45) is 3.47. The number of hydrogen-bond donors (Lipinski definition) is 3. The molecule has 0 spiro atoms. The van der Waals surface area contributed by atoms with Crippen molar-refractivity contribution in [3.63, 3.8) is 0 Å². The maximum Gasteiger partial charge on any atom is 0.241 e. The van der Waals surface area contributed by atoms with E-state index in [1.165, 1.54) is 12.8 Å². The second kappa shape index (κ2) is 6.27. The highest BCUT2D eigenvalue weighted by atomic mass is 16.1. The van der Waals surface area contributed by atoms with Gasteiger partial charge in [-0.1, -0.05) is 6.92 Å². The van der Waals surface area contributed by atoms with Crippen LogP contribution in [0.3, 0.4) is 0 Å². The Morgan fingerprint density at radius 2 is 2.20 bits per heavy atom. The molecule has 0 saturated heterocycles. The Labute approximate surface area is 90.5 Å². The van der Waals surface area contributed by atoms with Gasteiger partial charge in [0.2, 0.25) is 5.91 Å². The van der Waals surface area contributed by atoms with Crippen LogP contribution in [0.2, 0.25) is 0 Å². The van der Waals surface area contributed by atoms with Gasteiger partial charge in [0.25, 0.3) is 0 Å². The molecule has 0 aromatic rings. The van der Waals surface area contributed by atoms with Crippen LogP contribution < -0.4 is 16.4 Å². The van der Waals surface area contributed by atoms with Crippen molar-refractivity contribution < 1.29 is 4.79 Å². The molecule has 1 amide bonds. The molecule has 1 fully saturated rings. The van der Waals surface area contributed by atoms with Crippen LogP contribution >= 0.6 is 0 Å². The first kappa shape index (κ1) is 11.8. The topological polar surface area (TPSA) is 79.5 Å². The second-order valence-electron chi connectivity index (χ2n) is 3.88. The van der Waals surface area contributed by atoms with Gasteiger partial charge in [-0.3, -0.25) is 4.79 Å². The summed E-state index contributed by atoms with van der Waals surface area (Å²) >= 11 is 0. The lowest BCUT2D eigenvalue weighted by Crippen LogP contribution is -2.34. The first-order valence-electron chi connectivity index (χ1n) is 5.53. The fourth-order valence-corrected chi connectivity index (χ4v) is 1.10. The maximum absolute atomic E-state index is 11.3. The predicted octanol–water partition coefficient (Wildman–Crippen LogP) is -0.173. The Hall–Kier alpha value is -1.26. The molecule has 0 radical (unpaired) electrons. The standard InChI is InChI=1S/C10H20N4O/c1-2-5-12-10(11)14-7-9(15)13-6-8-3-4-8/h8H,2-7H2,1H3,(H,13,15)(H3,11,12,14). The van der Waals surface area contributed by atoms with Gasteiger partial charge in [-0.15, -0.1) is 0 Å². The number of guanidine groups is 1. The highest BCUT2D eigenvalue weighted by Crippen LogP contribution is 2.27. The van der Waals surface area contributed by atoms with Crippen molar-refractivity contribution in [2.75, 3.05) is 19.6 Å². The number of nitrogens with one attached hydrogen (secondary N) is 2. The fraction of sp³-hybridized carbons (Fsp3) is 0.800. The fourth-order valence-electron chi connectivity index (χ4n) is 1.10. The summed E-state index contributed by atoms with van der Waals surface area (Å²) in [4.78, 5) is 15.2. The zero-order valence-electron chi connectivity index (χ0n) is 9.25. The molecule has 86 valence electrons. The number of carbonyl (C=O) groups excluding carboxylic acids is 1. The Bertz CT molecular complexity index is 236. The molecular formula is C10H20N4O. The van der Waals surface area contributed by atoms with Crippen LogP contribution in [0.25, 0.3) is 0 Å². The SMILES string of the molecule is CCCNC(N)=NCC(=O)NCC1CC1. The van der Waals surface area contributed by atoms with Gasteiger partial charge in [-0.05, 0) is 25.2 Å². The highest BCUT2D eigenvalue weighted by Gasteiger charge is 2.21. The molecule has 5 heteroatoms. The number of nitrogens with zero attached hydrogens (tertiary/aromatic N) is 1. The van der Waals surface area contributed by atoms with E-state index in [0.29, 0.717) is 11.9 Å². The quantitative estimate of drug-likeness (QED) is 0.422. The van der Waals surface area contributed by atoms with Gasteiger partial charge in [0, 0.05) is 13.1 Å². The van der Waals surface area contributed by atoms with Crippen LogP contribution in [0.4, 0.5) is 0 Å². The van der Waals surface area contributed by atoms with Gasteiger partial charge in [-0.25, -0.2) is 4.99 Å². The summed E-state index contributed by atoms with van der Waals surface area (Å²) in [5, 5.41) is 5.74. The summed E-state index contributed by atoms with van der Waals surface area (Å²) in [5.41, 5.74) is 5.54. The lowest BCUT2D eigenvalue weighted by molar-refractivity contribution is -0.119. The summed E-state index contributed by atoms with van der Waals surface area (Å²) in [6.45, 7) is 3.74. The number of rotatable bonds is 6. The molecule has 0 unspecified atom stereocenters. The lowest BCUT2D eigenvalue weighted by atomic mass is 10.4. The van der Waals surface area contributed by atoms with Crippen LogP contribution in [0, 0.1) is 5.92 Å². The minimum absolute atomic E-state index is 0.0526. The van der Waals surface area contributed by atoms with E-state index < -0.39 is 0 Å². The number of aliphatic imine (C=N–C) groups is 1. The normalized spacial score (nSPS) is 16.2. The van der Waals surface area contributed by atoms with E-state index >= 15 is 0 Å². The minimum atomic E-state index is -0.0526. The molecule has 0 atom stereocenters. The summed E-state index contributed by atoms with van der Waals surface area (Å²) in [5.74, 6) is 0.995. The molecule has 1 saturated carbocycles. The summed E-state index contributed by atoms with van der Waals surface area (Å²) in [6, 6.07) is 0. The Balaban J connectivity index is 2.07. The third-order valence-electron chi connectivity index (χ3n) is 2.23. The molecule has 0 aromatic heterocycles. The smallest absolute Gasteiger partial charge is 0.241 e. The first-order valence-corrected chi connectivity index (χ1v) is 5.53. The molecule has 0 aromatic carbocycles. The van der Waals surface area contributed by atoms with Crippen molar-refractivity contribution in [3.8, 4) is 0 Å². The molecule has 0 aliphatic heterocycles. The van der Waals surface area contributed by atoms with E-state index in [4.69, 9.17) is 5.73 Å². The molecule has 0 bridgehead atoms. The molecule has 5 nitrogen and oxygen atoms in total. The largest absolute Gasteiger partial charge is 0.370 e. The van der Waals surface area contributed by atoms with Crippen LogP contribution in [0.15, 0.2) is 4.99 Å². The average molecular weight is 212 g/mol. The third-order valence-corrected chi connectivity index (χ3v) is 2.23. The zero-order chi connectivity index (χ0) is 11.1. The van der Waals surface area contributed by atoms with Crippen LogP contribution in [-0.4, -0.2) is 31.5 Å². The van der Waals surface area contributed by atoms with Crippen molar-refractivity contribution in [3.05, 3.63) is 0 Å².